The van der Waals surface area contributed by atoms with Crippen molar-refractivity contribution in [2.24, 2.45) is 0 Å². The van der Waals surface area contributed by atoms with E-state index in [4.69, 9.17) is 16.3 Å². The van der Waals surface area contributed by atoms with Crippen LogP contribution >= 0.6 is 11.6 Å². The highest BCUT2D eigenvalue weighted by Gasteiger charge is 2.29. The van der Waals surface area contributed by atoms with E-state index in [9.17, 15) is 9.18 Å². The van der Waals surface area contributed by atoms with Crippen molar-refractivity contribution in [2.45, 2.75) is 13.2 Å². The molecular formula is C11H11ClFNO2. The molecule has 86 valence electrons. The third-order valence-electron chi connectivity index (χ3n) is 2.57. The zero-order chi connectivity index (χ0) is 11.7. The van der Waals surface area contributed by atoms with Crippen LogP contribution in [0.1, 0.15) is 17.3 Å². The number of carbonyl (C=O) groups excluding carboxylic acids is 1. The fraction of sp³-hybridized carbons (Fsp3) is 0.364. The van der Waals surface area contributed by atoms with E-state index in [2.05, 4.69) is 0 Å². The van der Waals surface area contributed by atoms with Crippen LogP contribution in [0.2, 0.25) is 5.02 Å². The van der Waals surface area contributed by atoms with Gasteiger partial charge in [0.1, 0.15) is 12.0 Å². The van der Waals surface area contributed by atoms with Crippen LogP contribution in [0.25, 0.3) is 0 Å². The van der Waals surface area contributed by atoms with Crippen molar-refractivity contribution in [1.29, 1.82) is 0 Å². The number of benzene rings is 1. The first-order chi connectivity index (χ1) is 7.61. The van der Waals surface area contributed by atoms with Gasteiger partial charge < -0.3 is 9.64 Å². The molecule has 16 heavy (non-hydrogen) atoms. The second-order valence-corrected chi connectivity index (χ2v) is 3.97. The Bertz CT molecular complexity index is 404. The maximum Gasteiger partial charge on any atom is 0.260 e. The molecule has 1 aromatic rings. The van der Waals surface area contributed by atoms with Gasteiger partial charge in [-0.05, 0) is 19.1 Å². The lowest BCUT2D eigenvalue weighted by Gasteiger charge is -2.20. The van der Waals surface area contributed by atoms with Crippen LogP contribution in [-0.2, 0) is 4.74 Å². The molecule has 0 spiro atoms. The Hall–Kier alpha value is -1.13. The molecule has 1 unspecified atom stereocenters. The monoisotopic (exact) mass is 243 g/mol. The number of nitrogens with zero attached hydrogens (tertiary/aromatic N) is 1. The van der Waals surface area contributed by atoms with Crippen molar-refractivity contribution < 1.29 is 13.9 Å². The Balaban J connectivity index is 2.33. The van der Waals surface area contributed by atoms with E-state index in [-0.39, 0.29) is 16.8 Å². The lowest BCUT2D eigenvalue weighted by molar-refractivity contribution is 0.0375. The van der Waals surface area contributed by atoms with Crippen LogP contribution in [0, 0.1) is 5.82 Å². The molecule has 1 atom stereocenters. The van der Waals surface area contributed by atoms with Gasteiger partial charge >= 0.3 is 0 Å². The molecule has 2 rings (SSSR count). The molecule has 1 aromatic carbocycles. The minimum absolute atomic E-state index is 0.0819. The first kappa shape index (κ1) is 11.4. The van der Waals surface area contributed by atoms with Crippen LogP contribution in [0.15, 0.2) is 18.2 Å². The molecule has 0 radical (unpaired) electrons. The normalized spacial score (nSPS) is 20.2. The van der Waals surface area contributed by atoms with E-state index in [1.807, 2.05) is 0 Å². The van der Waals surface area contributed by atoms with E-state index < -0.39 is 11.7 Å². The molecule has 0 aromatic heterocycles. The number of hydrogen-bond donors (Lipinski definition) is 0. The molecule has 1 saturated heterocycles. The predicted molar refractivity (Wildman–Crippen MR) is 57.9 cm³/mol. The van der Waals surface area contributed by atoms with Gasteiger partial charge in [-0.2, -0.15) is 0 Å². The Labute approximate surface area is 97.8 Å². The quantitative estimate of drug-likeness (QED) is 0.758. The fourth-order valence-electron chi connectivity index (χ4n) is 1.71. The summed E-state index contributed by atoms with van der Waals surface area (Å²) in [5.74, 6) is -1.02. The van der Waals surface area contributed by atoms with Gasteiger partial charge in [0.2, 0.25) is 0 Å². The first-order valence-corrected chi connectivity index (χ1v) is 5.35. The largest absolute Gasteiger partial charge is 0.357 e. The highest BCUT2D eigenvalue weighted by atomic mass is 35.5. The second kappa shape index (κ2) is 4.39. The number of amides is 1. The number of rotatable bonds is 1. The summed E-state index contributed by atoms with van der Waals surface area (Å²) in [5.41, 5.74) is -0.0819. The summed E-state index contributed by atoms with van der Waals surface area (Å²) in [6, 6.07) is 4.19. The number of halogens is 2. The zero-order valence-electron chi connectivity index (χ0n) is 8.74. The molecule has 1 aliphatic heterocycles. The van der Waals surface area contributed by atoms with Crippen molar-refractivity contribution in [1.82, 2.24) is 4.90 Å². The maximum absolute atomic E-state index is 13.5. The molecule has 5 heteroatoms. The number of ether oxygens (including phenoxy) is 1. The van der Waals surface area contributed by atoms with Crippen molar-refractivity contribution in [3.63, 3.8) is 0 Å². The van der Waals surface area contributed by atoms with E-state index in [1.165, 1.54) is 23.1 Å². The van der Waals surface area contributed by atoms with Crippen LogP contribution in [-0.4, -0.2) is 30.2 Å². The Morgan fingerprint density at radius 1 is 1.62 bits per heavy atom. The molecule has 0 N–H and O–H groups in total. The third-order valence-corrected chi connectivity index (χ3v) is 2.88. The average Bonchev–Trinajstić information content (AvgIpc) is 2.64. The van der Waals surface area contributed by atoms with Gasteiger partial charge in [-0.15, -0.1) is 0 Å². The lowest BCUT2D eigenvalue weighted by atomic mass is 10.2. The van der Waals surface area contributed by atoms with E-state index in [0.717, 1.165) is 0 Å². The van der Waals surface area contributed by atoms with Crippen molar-refractivity contribution in [3.05, 3.63) is 34.6 Å². The molecule has 3 nitrogen and oxygen atoms in total. The van der Waals surface area contributed by atoms with Crippen LogP contribution in [0.3, 0.4) is 0 Å². The summed E-state index contributed by atoms with van der Waals surface area (Å²) in [6.45, 7) is 2.68. The van der Waals surface area contributed by atoms with Gasteiger partial charge in [-0.3, -0.25) is 4.79 Å². The minimum Gasteiger partial charge on any atom is -0.357 e. The van der Waals surface area contributed by atoms with Crippen molar-refractivity contribution >= 4 is 17.5 Å². The molecule has 0 saturated carbocycles. The van der Waals surface area contributed by atoms with Gasteiger partial charge in [-0.1, -0.05) is 17.7 Å². The van der Waals surface area contributed by atoms with E-state index in [0.29, 0.717) is 13.2 Å². The van der Waals surface area contributed by atoms with Gasteiger partial charge in [0.05, 0.1) is 17.2 Å². The first-order valence-electron chi connectivity index (χ1n) is 4.98. The Kier molecular flexibility index (Phi) is 3.12. The lowest BCUT2D eigenvalue weighted by Crippen LogP contribution is -2.35. The summed E-state index contributed by atoms with van der Waals surface area (Å²) in [5, 5.41) is 0.129. The van der Waals surface area contributed by atoms with E-state index in [1.54, 1.807) is 6.92 Å². The van der Waals surface area contributed by atoms with Gasteiger partial charge in [-0.25, -0.2) is 4.39 Å². The topological polar surface area (TPSA) is 29.5 Å². The third kappa shape index (κ3) is 1.90. The summed E-state index contributed by atoms with van der Waals surface area (Å²) in [7, 11) is 0. The van der Waals surface area contributed by atoms with Crippen LogP contribution in [0.4, 0.5) is 4.39 Å². The molecule has 1 heterocycles. The van der Waals surface area contributed by atoms with Gasteiger partial charge in [0.15, 0.2) is 0 Å². The summed E-state index contributed by atoms with van der Waals surface area (Å²) in [6.07, 6.45) is -0.330. The van der Waals surface area contributed by atoms with Gasteiger partial charge in [0.25, 0.3) is 5.91 Å². The standard InChI is InChI=1S/C11H11ClFNO2/c1-7-14(5-6-16-7)11(15)10-8(12)3-2-4-9(10)13/h2-4,7H,5-6H2,1H3. The van der Waals surface area contributed by atoms with Gasteiger partial charge in [0, 0.05) is 6.54 Å². The van der Waals surface area contributed by atoms with Crippen LogP contribution < -0.4 is 0 Å². The molecule has 1 aliphatic rings. The van der Waals surface area contributed by atoms with E-state index >= 15 is 0 Å². The maximum atomic E-state index is 13.5. The SMILES string of the molecule is CC1OCCN1C(=O)c1c(F)cccc1Cl. The predicted octanol–water partition coefficient (Wildman–Crippen LogP) is 2.30. The summed E-state index contributed by atoms with van der Waals surface area (Å²) >= 11 is 5.82. The molecule has 1 fully saturated rings. The molecule has 1 amide bonds. The highest BCUT2D eigenvalue weighted by molar-refractivity contribution is 6.33. The average molecular weight is 244 g/mol. The Morgan fingerprint density at radius 2 is 2.38 bits per heavy atom. The highest BCUT2D eigenvalue weighted by Crippen LogP contribution is 2.23. The summed E-state index contributed by atoms with van der Waals surface area (Å²) in [4.78, 5) is 13.5. The smallest absolute Gasteiger partial charge is 0.260 e. The second-order valence-electron chi connectivity index (χ2n) is 3.57. The Morgan fingerprint density at radius 3 is 2.94 bits per heavy atom. The molecular weight excluding hydrogens is 233 g/mol. The van der Waals surface area contributed by atoms with Crippen molar-refractivity contribution in [2.75, 3.05) is 13.2 Å². The minimum atomic E-state index is -0.600. The zero-order valence-corrected chi connectivity index (χ0v) is 9.50. The molecule has 0 bridgehead atoms. The summed E-state index contributed by atoms with van der Waals surface area (Å²) < 4.78 is 18.7. The fourth-order valence-corrected chi connectivity index (χ4v) is 1.95. The number of carbonyl (C=O) groups is 1. The number of hydrogen-bond acceptors (Lipinski definition) is 2. The van der Waals surface area contributed by atoms with Crippen LogP contribution in [0.5, 0.6) is 0 Å². The van der Waals surface area contributed by atoms with Crippen molar-refractivity contribution in [3.8, 4) is 0 Å². The molecule has 0 aliphatic carbocycles.